The molecule has 0 aromatic carbocycles. The van der Waals surface area contributed by atoms with Gasteiger partial charge in [-0.25, -0.2) is 0 Å². The van der Waals surface area contributed by atoms with Crippen molar-refractivity contribution in [2.24, 2.45) is 5.92 Å². The lowest BCUT2D eigenvalue weighted by Gasteiger charge is -2.20. The molecule has 0 aliphatic rings. The average Bonchev–Trinajstić information content (AvgIpc) is 2.14. The minimum atomic E-state index is -4.03. The van der Waals surface area contributed by atoms with Crippen LogP contribution in [0, 0.1) is 5.92 Å². The molecule has 2 nitrogen and oxygen atoms in total. The minimum absolute atomic E-state index is 0.146. The second-order valence-corrected chi connectivity index (χ2v) is 4.29. The van der Waals surface area contributed by atoms with Crippen molar-refractivity contribution in [3.63, 3.8) is 0 Å². The number of rotatable bonds is 8. The zero-order chi connectivity index (χ0) is 12.6. The molecule has 16 heavy (non-hydrogen) atoms. The van der Waals surface area contributed by atoms with Gasteiger partial charge in [0.25, 0.3) is 0 Å². The van der Waals surface area contributed by atoms with Crippen LogP contribution in [-0.4, -0.2) is 33.0 Å². The molecule has 0 saturated heterocycles. The Morgan fingerprint density at radius 2 is 1.94 bits per heavy atom. The Morgan fingerprint density at radius 3 is 2.38 bits per heavy atom. The quantitative estimate of drug-likeness (QED) is 0.705. The van der Waals surface area contributed by atoms with E-state index in [1.807, 2.05) is 6.92 Å². The Morgan fingerprint density at radius 1 is 1.31 bits per heavy atom. The first-order valence-electron chi connectivity index (χ1n) is 5.62. The van der Waals surface area contributed by atoms with Gasteiger partial charge in [-0.1, -0.05) is 6.92 Å². The molecule has 0 aromatic heterocycles. The van der Waals surface area contributed by atoms with E-state index in [9.17, 15) is 13.2 Å². The highest BCUT2D eigenvalue weighted by atomic mass is 19.4. The first kappa shape index (κ1) is 15.7. The third kappa shape index (κ3) is 8.97. The van der Waals surface area contributed by atoms with Gasteiger partial charge in [0.05, 0.1) is 0 Å². The summed E-state index contributed by atoms with van der Waals surface area (Å²) in [7, 11) is 3.42. The lowest BCUT2D eigenvalue weighted by molar-refractivity contribution is -0.135. The maximum Gasteiger partial charge on any atom is 0.389 e. The molecule has 0 aliphatic carbocycles. The van der Waals surface area contributed by atoms with Gasteiger partial charge in [0.1, 0.15) is 0 Å². The van der Waals surface area contributed by atoms with E-state index >= 15 is 0 Å². The Balaban J connectivity index is 3.75. The van der Waals surface area contributed by atoms with Gasteiger partial charge in [-0.05, 0) is 32.2 Å². The molecule has 0 bridgehead atoms. The van der Waals surface area contributed by atoms with Crippen LogP contribution in [0.2, 0.25) is 0 Å². The minimum Gasteiger partial charge on any atom is -0.384 e. The maximum absolute atomic E-state index is 12.0. The number of nitrogens with one attached hydrogen (secondary N) is 1. The zero-order valence-electron chi connectivity index (χ0n) is 10.2. The van der Waals surface area contributed by atoms with Crippen molar-refractivity contribution >= 4 is 0 Å². The topological polar surface area (TPSA) is 21.3 Å². The Bertz CT molecular complexity index is 173. The van der Waals surface area contributed by atoms with Crippen molar-refractivity contribution < 1.29 is 17.9 Å². The van der Waals surface area contributed by atoms with Crippen LogP contribution in [0.1, 0.15) is 32.6 Å². The monoisotopic (exact) mass is 241 g/mol. The van der Waals surface area contributed by atoms with E-state index in [1.165, 1.54) is 0 Å². The van der Waals surface area contributed by atoms with Crippen molar-refractivity contribution in [2.75, 3.05) is 20.8 Å². The third-order valence-corrected chi connectivity index (χ3v) is 2.56. The second kappa shape index (κ2) is 7.90. The normalized spacial score (nSPS) is 16.1. The lowest BCUT2D eigenvalue weighted by atomic mass is 9.98. The van der Waals surface area contributed by atoms with Gasteiger partial charge in [0.15, 0.2) is 0 Å². The molecule has 0 heterocycles. The standard InChI is InChI=1S/C11H22F3NO/c1-9(8-16-3)7-10(15-2)5-4-6-11(12,13)14/h9-10,15H,4-8H2,1-3H3. The predicted octanol–water partition coefficient (Wildman–Crippen LogP) is 2.98. The highest BCUT2D eigenvalue weighted by Crippen LogP contribution is 2.23. The molecule has 0 saturated carbocycles. The number of methoxy groups -OCH3 is 1. The van der Waals surface area contributed by atoms with Crippen LogP contribution in [0.5, 0.6) is 0 Å². The summed E-state index contributed by atoms with van der Waals surface area (Å²) in [6, 6.07) is 0.146. The molecular formula is C11H22F3NO. The molecular weight excluding hydrogens is 219 g/mol. The first-order chi connectivity index (χ1) is 7.39. The molecule has 0 aliphatic heterocycles. The van der Waals surface area contributed by atoms with Gasteiger partial charge in [-0.2, -0.15) is 13.2 Å². The number of hydrogen-bond acceptors (Lipinski definition) is 2. The summed E-state index contributed by atoms with van der Waals surface area (Å²) in [6.07, 6.45) is -3.12. The number of ether oxygens (including phenoxy) is 1. The first-order valence-corrected chi connectivity index (χ1v) is 5.62. The van der Waals surface area contributed by atoms with E-state index in [2.05, 4.69) is 5.32 Å². The van der Waals surface area contributed by atoms with Gasteiger partial charge in [-0.15, -0.1) is 0 Å². The van der Waals surface area contributed by atoms with Gasteiger partial charge < -0.3 is 10.1 Å². The van der Waals surface area contributed by atoms with Crippen LogP contribution in [0.4, 0.5) is 13.2 Å². The summed E-state index contributed by atoms with van der Waals surface area (Å²) < 4.78 is 40.9. The predicted molar refractivity (Wildman–Crippen MR) is 58.4 cm³/mol. The molecule has 98 valence electrons. The van der Waals surface area contributed by atoms with Crippen LogP contribution in [0.3, 0.4) is 0 Å². The fourth-order valence-corrected chi connectivity index (χ4v) is 1.77. The van der Waals surface area contributed by atoms with Crippen molar-refractivity contribution in [3.05, 3.63) is 0 Å². The van der Waals surface area contributed by atoms with Crippen LogP contribution in [-0.2, 0) is 4.74 Å². The van der Waals surface area contributed by atoms with Crippen LogP contribution < -0.4 is 5.32 Å². The Labute approximate surface area is 95.5 Å². The van der Waals surface area contributed by atoms with Crippen LogP contribution in [0.25, 0.3) is 0 Å². The van der Waals surface area contributed by atoms with E-state index in [4.69, 9.17) is 4.74 Å². The summed E-state index contributed by atoms with van der Waals surface area (Å²) in [5.74, 6) is 0.369. The summed E-state index contributed by atoms with van der Waals surface area (Å²) >= 11 is 0. The van der Waals surface area contributed by atoms with E-state index in [1.54, 1.807) is 14.2 Å². The molecule has 0 spiro atoms. The Kier molecular flexibility index (Phi) is 7.76. The van der Waals surface area contributed by atoms with Gasteiger partial charge in [-0.3, -0.25) is 0 Å². The van der Waals surface area contributed by atoms with E-state index in [-0.39, 0.29) is 12.5 Å². The molecule has 5 heteroatoms. The highest BCUT2D eigenvalue weighted by Gasteiger charge is 2.26. The molecule has 2 atom stereocenters. The average molecular weight is 241 g/mol. The Hall–Kier alpha value is -0.290. The van der Waals surface area contributed by atoms with Gasteiger partial charge in [0, 0.05) is 26.2 Å². The van der Waals surface area contributed by atoms with E-state index in [0.29, 0.717) is 18.9 Å². The molecule has 0 aromatic rings. The largest absolute Gasteiger partial charge is 0.389 e. The van der Waals surface area contributed by atoms with Gasteiger partial charge >= 0.3 is 6.18 Å². The number of hydrogen-bond donors (Lipinski definition) is 1. The molecule has 1 N–H and O–H groups in total. The molecule has 0 rings (SSSR count). The summed E-state index contributed by atoms with van der Waals surface area (Å²) in [5.41, 5.74) is 0. The SMILES string of the molecule is CNC(CCCC(F)(F)F)CC(C)COC. The second-order valence-electron chi connectivity index (χ2n) is 4.29. The third-order valence-electron chi connectivity index (χ3n) is 2.56. The van der Waals surface area contributed by atoms with Crippen molar-refractivity contribution in [2.45, 2.75) is 44.8 Å². The summed E-state index contributed by atoms with van der Waals surface area (Å²) in [6.45, 7) is 2.69. The summed E-state index contributed by atoms with van der Waals surface area (Å²) in [5, 5.41) is 3.05. The zero-order valence-corrected chi connectivity index (χ0v) is 10.2. The fourth-order valence-electron chi connectivity index (χ4n) is 1.77. The van der Waals surface area contributed by atoms with E-state index in [0.717, 1.165) is 6.42 Å². The van der Waals surface area contributed by atoms with Crippen molar-refractivity contribution in [1.82, 2.24) is 5.32 Å². The highest BCUT2D eigenvalue weighted by molar-refractivity contribution is 4.69. The maximum atomic E-state index is 12.0. The van der Waals surface area contributed by atoms with Crippen molar-refractivity contribution in [3.8, 4) is 0 Å². The van der Waals surface area contributed by atoms with Gasteiger partial charge in [0.2, 0.25) is 0 Å². The number of alkyl halides is 3. The summed E-state index contributed by atoms with van der Waals surface area (Å²) in [4.78, 5) is 0. The molecule has 0 radical (unpaired) electrons. The van der Waals surface area contributed by atoms with Crippen LogP contribution in [0.15, 0.2) is 0 Å². The fraction of sp³-hybridized carbons (Fsp3) is 1.00. The molecule has 0 amide bonds. The number of halogens is 3. The lowest BCUT2D eigenvalue weighted by Crippen LogP contribution is -2.28. The smallest absolute Gasteiger partial charge is 0.384 e. The molecule has 2 unspecified atom stereocenters. The van der Waals surface area contributed by atoms with E-state index < -0.39 is 12.6 Å². The van der Waals surface area contributed by atoms with Crippen LogP contribution >= 0.6 is 0 Å². The molecule has 0 fully saturated rings. The van der Waals surface area contributed by atoms with Crippen molar-refractivity contribution in [1.29, 1.82) is 0 Å².